The molecule has 41 heavy (non-hydrogen) atoms. The van der Waals surface area contributed by atoms with Crippen LogP contribution >= 0.6 is 0 Å². The summed E-state index contributed by atoms with van der Waals surface area (Å²) < 4.78 is 19.9. The number of aromatic nitrogens is 2. The Hall–Kier alpha value is -4.72. The molecule has 7 nitrogen and oxygen atoms in total. The Morgan fingerprint density at radius 2 is 1.59 bits per heavy atom. The van der Waals surface area contributed by atoms with E-state index < -0.39 is 0 Å². The minimum atomic E-state index is -0.229. The monoisotopic (exact) mass is 549 g/mol. The van der Waals surface area contributed by atoms with E-state index in [1.54, 1.807) is 18.4 Å². The zero-order valence-corrected chi connectivity index (χ0v) is 22.8. The van der Waals surface area contributed by atoms with E-state index in [4.69, 9.17) is 14.4 Å². The summed E-state index contributed by atoms with van der Waals surface area (Å²) in [7, 11) is 0. The van der Waals surface area contributed by atoms with Crippen LogP contribution in [0.3, 0.4) is 0 Å². The maximum atomic E-state index is 14.3. The Kier molecular flexibility index (Phi) is 7.89. The molecule has 5 aromatic rings. The summed E-state index contributed by atoms with van der Waals surface area (Å²) in [6.07, 6.45) is 2.78. The summed E-state index contributed by atoms with van der Waals surface area (Å²) in [5.74, 6) is 1.77. The Morgan fingerprint density at radius 3 is 2.37 bits per heavy atom. The van der Waals surface area contributed by atoms with Gasteiger partial charge in [0.2, 0.25) is 5.91 Å². The Bertz CT molecular complexity index is 1600. The van der Waals surface area contributed by atoms with Gasteiger partial charge in [0.1, 0.15) is 11.6 Å². The van der Waals surface area contributed by atoms with Crippen molar-refractivity contribution in [3.63, 3.8) is 0 Å². The molecule has 1 aliphatic rings. The van der Waals surface area contributed by atoms with Gasteiger partial charge in [-0.25, -0.2) is 14.4 Å². The van der Waals surface area contributed by atoms with Crippen molar-refractivity contribution in [2.24, 2.45) is 0 Å². The van der Waals surface area contributed by atoms with E-state index in [9.17, 15) is 9.18 Å². The third-order valence-corrected chi connectivity index (χ3v) is 7.56. The molecule has 6 rings (SSSR count). The molecule has 0 N–H and O–H groups in total. The van der Waals surface area contributed by atoms with Crippen LogP contribution in [0.4, 0.5) is 15.9 Å². The van der Waals surface area contributed by atoms with Gasteiger partial charge in [0.15, 0.2) is 11.6 Å². The molecule has 1 fully saturated rings. The number of hydrogen-bond acceptors (Lipinski definition) is 6. The molecule has 2 aromatic heterocycles. The first kappa shape index (κ1) is 26.5. The van der Waals surface area contributed by atoms with E-state index in [0.717, 1.165) is 23.1 Å². The number of carbonyl (C=O) groups excluding carboxylic acids is 1. The summed E-state index contributed by atoms with van der Waals surface area (Å²) in [5.41, 5.74) is 2.64. The lowest BCUT2D eigenvalue weighted by atomic mass is 10.1. The summed E-state index contributed by atoms with van der Waals surface area (Å²) in [4.78, 5) is 29.2. The van der Waals surface area contributed by atoms with E-state index >= 15 is 0 Å². The molecule has 3 heterocycles. The third-order valence-electron chi connectivity index (χ3n) is 7.56. The third kappa shape index (κ3) is 6.06. The van der Waals surface area contributed by atoms with Crippen molar-refractivity contribution in [1.82, 2.24) is 14.9 Å². The number of furan rings is 1. The molecule has 0 aliphatic carbocycles. The standard InChI is InChI=1S/C33H32FN5O2/c34-27-12-5-7-14-29(27)37-20-22-38(23-21-37)31(40)17-19-39(18-16-25-9-2-1-3-10-25)33-26-11-4-6-13-28(26)35-32(36-33)30-15-8-24-41-30/h1-15,24H,16-23H2. The Balaban J connectivity index is 1.21. The molecule has 1 amide bonds. The van der Waals surface area contributed by atoms with Crippen LogP contribution in [0.25, 0.3) is 22.5 Å². The van der Waals surface area contributed by atoms with E-state index in [0.29, 0.717) is 63.0 Å². The second-order valence-electron chi connectivity index (χ2n) is 10.2. The van der Waals surface area contributed by atoms with Crippen LogP contribution < -0.4 is 9.80 Å². The molecule has 0 bridgehead atoms. The second-order valence-corrected chi connectivity index (χ2v) is 10.2. The lowest BCUT2D eigenvalue weighted by Gasteiger charge is -2.36. The van der Waals surface area contributed by atoms with Gasteiger partial charge < -0.3 is 19.1 Å². The first-order valence-electron chi connectivity index (χ1n) is 14.0. The summed E-state index contributed by atoms with van der Waals surface area (Å²) in [6.45, 7) is 3.54. The van der Waals surface area contributed by atoms with Gasteiger partial charge in [0.05, 0.1) is 17.5 Å². The van der Waals surface area contributed by atoms with Gasteiger partial charge >= 0.3 is 0 Å². The Morgan fingerprint density at radius 1 is 0.829 bits per heavy atom. The molecule has 3 aromatic carbocycles. The fourth-order valence-electron chi connectivity index (χ4n) is 5.34. The van der Waals surface area contributed by atoms with Gasteiger partial charge in [-0.1, -0.05) is 54.6 Å². The maximum absolute atomic E-state index is 14.3. The van der Waals surface area contributed by atoms with Gasteiger partial charge in [0, 0.05) is 51.1 Å². The number of fused-ring (bicyclic) bond motifs is 1. The molecule has 0 atom stereocenters. The molecule has 0 radical (unpaired) electrons. The minimum Gasteiger partial charge on any atom is -0.461 e. The molecular formula is C33H32FN5O2. The molecule has 1 aliphatic heterocycles. The van der Waals surface area contributed by atoms with Crippen LogP contribution in [-0.2, 0) is 11.2 Å². The molecule has 208 valence electrons. The number of halogens is 1. The fourth-order valence-corrected chi connectivity index (χ4v) is 5.34. The van der Waals surface area contributed by atoms with E-state index in [-0.39, 0.29) is 11.7 Å². The highest BCUT2D eigenvalue weighted by molar-refractivity contribution is 5.91. The number of para-hydroxylation sites is 2. The minimum absolute atomic E-state index is 0.0903. The average molecular weight is 550 g/mol. The van der Waals surface area contributed by atoms with E-state index in [1.807, 2.05) is 70.5 Å². The van der Waals surface area contributed by atoms with Crippen LogP contribution in [0, 0.1) is 5.82 Å². The molecule has 0 unspecified atom stereocenters. The van der Waals surface area contributed by atoms with Crippen molar-refractivity contribution in [3.05, 3.63) is 109 Å². The normalized spacial score (nSPS) is 13.5. The van der Waals surface area contributed by atoms with Gasteiger partial charge in [-0.2, -0.15) is 0 Å². The van der Waals surface area contributed by atoms with Gasteiger partial charge in [-0.3, -0.25) is 4.79 Å². The van der Waals surface area contributed by atoms with Crippen molar-refractivity contribution in [2.45, 2.75) is 12.8 Å². The van der Waals surface area contributed by atoms with Crippen molar-refractivity contribution in [2.75, 3.05) is 49.1 Å². The smallest absolute Gasteiger partial charge is 0.224 e. The van der Waals surface area contributed by atoms with E-state index in [2.05, 4.69) is 17.0 Å². The zero-order valence-electron chi connectivity index (χ0n) is 22.8. The summed E-state index contributed by atoms with van der Waals surface area (Å²) in [6, 6.07) is 28.8. The van der Waals surface area contributed by atoms with Crippen LogP contribution in [0.15, 0.2) is 102 Å². The Labute approximate surface area is 238 Å². The highest BCUT2D eigenvalue weighted by Gasteiger charge is 2.24. The quantitative estimate of drug-likeness (QED) is 0.231. The predicted octanol–water partition coefficient (Wildman–Crippen LogP) is 5.82. The summed E-state index contributed by atoms with van der Waals surface area (Å²) in [5, 5.41) is 0.932. The number of anilines is 2. The largest absolute Gasteiger partial charge is 0.461 e. The number of amides is 1. The molecule has 0 saturated carbocycles. The molecule has 0 spiro atoms. The average Bonchev–Trinajstić information content (AvgIpc) is 3.57. The topological polar surface area (TPSA) is 65.7 Å². The van der Waals surface area contributed by atoms with Crippen LogP contribution in [-0.4, -0.2) is 60.0 Å². The highest BCUT2D eigenvalue weighted by Crippen LogP contribution is 2.28. The van der Waals surface area contributed by atoms with E-state index in [1.165, 1.54) is 11.6 Å². The van der Waals surface area contributed by atoms with Crippen molar-refractivity contribution in [1.29, 1.82) is 0 Å². The second kappa shape index (κ2) is 12.2. The lowest BCUT2D eigenvalue weighted by molar-refractivity contribution is -0.131. The van der Waals surface area contributed by atoms with Gasteiger partial charge in [-0.05, 0) is 48.4 Å². The maximum Gasteiger partial charge on any atom is 0.224 e. The molecule has 8 heteroatoms. The van der Waals surface area contributed by atoms with Crippen LogP contribution in [0.1, 0.15) is 12.0 Å². The molecule has 1 saturated heterocycles. The first-order valence-corrected chi connectivity index (χ1v) is 14.0. The number of carbonyl (C=O) groups is 1. The van der Waals surface area contributed by atoms with Crippen molar-refractivity contribution < 1.29 is 13.6 Å². The molecular weight excluding hydrogens is 517 g/mol. The number of hydrogen-bond donors (Lipinski definition) is 0. The van der Waals surface area contributed by atoms with Gasteiger partial charge in [0.25, 0.3) is 0 Å². The SMILES string of the molecule is O=C(CCN(CCc1ccccc1)c1nc(-c2ccco2)nc2ccccc12)N1CCN(c2ccccc2F)CC1. The zero-order chi connectivity index (χ0) is 28.0. The fraction of sp³-hybridized carbons (Fsp3) is 0.242. The van der Waals surface area contributed by atoms with Gasteiger partial charge in [-0.15, -0.1) is 0 Å². The number of benzene rings is 3. The van der Waals surface area contributed by atoms with Crippen LogP contribution in [0.2, 0.25) is 0 Å². The van der Waals surface area contributed by atoms with Crippen molar-refractivity contribution in [3.8, 4) is 11.6 Å². The van der Waals surface area contributed by atoms with Crippen LogP contribution in [0.5, 0.6) is 0 Å². The number of piperazine rings is 1. The number of nitrogens with zero attached hydrogens (tertiary/aromatic N) is 5. The predicted molar refractivity (Wildman–Crippen MR) is 159 cm³/mol. The lowest BCUT2D eigenvalue weighted by Crippen LogP contribution is -2.49. The number of rotatable bonds is 9. The summed E-state index contributed by atoms with van der Waals surface area (Å²) >= 11 is 0. The first-order chi connectivity index (χ1) is 20.2. The van der Waals surface area contributed by atoms with Crippen molar-refractivity contribution >= 4 is 28.3 Å². The highest BCUT2D eigenvalue weighted by atomic mass is 19.1.